The van der Waals surface area contributed by atoms with Crippen molar-refractivity contribution < 1.29 is 24.0 Å². The second-order valence-electron chi connectivity index (χ2n) is 9.82. The standard InChI is InChI=1S/C30H24ClN3O5S/c1-16-24(33-29(37)38-17(2)20-5-3-4-6-23(20)31)26(39-34-16)22-12-11-21(25-27(22)40-15-32-25)18-7-9-19(10-8-18)30(13-14-30)28(35)36/h3-12,15,17H,13-14H2,1-2H3,(H,33,37)(H,35,36). The molecule has 5 aromatic rings. The topological polar surface area (TPSA) is 115 Å². The summed E-state index contributed by atoms with van der Waals surface area (Å²) in [5, 5.41) is 17.0. The molecular formula is C30H24ClN3O5S. The molecule has 0 aliphatic heterocycles. The summed E-state index contributed by atoms with van der Waals surface area (Å²) in [4.78, 5) is 29.2. The minimum absolute atomic E-state index is 0.396. The minimum Gasteiger partial charge on any atom is -0.481 e. The van der Waals surface area contributed by atoms with E-state index in [-0.39, 0.29) is 0 Å². The van der Waals surface area contributed by atoms with Crippen LogP contribution in [0.5, 0.6) is 0 Å². The maximum absolute atomic E-state index is 12.8. The van der Waals surface area contributed by atoms with Crippen molar-refractivity contribution in [3.05, 3.63) is 88.0 Å². The van der Waals surface area contributed by atoms with Crippen LogP contribution in [0, 0.1) is 6.92 Å². The van der Waals surface area contributed by atoms with Gasteiger partial charge in [-0.2, -0.15) is 0 Å². The monoisotopic (exact) mass is 573 g/mol. The molecule has 2 N–H and O–H groups in total. The molecule has 0 bridgehead atoms. The summed E-state index contributed by atoms with van der Waals surface area (Å²) in [6, 6.07) is 18.7. The normalized spacial score (nSPS) is 14.6. The Morgan fingerprint density at radius 1 is 1.10 bits per heavy atom. The number of nitrogens with zero attached hydrogens (tertiary/aromatic N) is 2. The molecule has 1 amide bonds. The fourth-order valence-corrected chi connectivity index (χ4v) is 6.06. The molecule has 1 aliphatic carbocycles. The summed E-state index contributed by atoms with van der Waals surface area (Å²) in [5.41, 5.74) is 6.77. The number of carboxylic acid groups (broad SMARTS) is 1. The number of aromatic nitrogens is 2. The molecule has 2 heterocycles. The van der Waals surface area contributed by atoms with Crippen LogP contribution in [0.1, 0.15) is 42.7 Å². The zero-order chi connectivity index (χ0) is 28.0. The smallest absolute Gasteiger partial charge is 0.412 e. The fourth-order valence-electron chi connectivity index (χ4n) is 4.94. The molecule has 10 heteroatoms. The van der Waals surface area contributed by atoms with E-state index in [1.54, 1.807) is 25.4 Å². The summed E-state index contributed by atoms with van der Waals surface area (Å²) in [6.07, 6.45) is 0.0895. The summed E-state index contributed by atoms with van der Waals surface area (Å²) in [7, 11) is 0. The van der Waals surface area contributed by atoms with Crippen molar-refractivity contribution >= 4 is 50.9 Å². The van der Waals surface area contributed by atoms with Gasteiger partial charge in [-0.25, -0.2) is 9.78 Å². The number of aryl methyl sites for hydroxylation is 1. The largest absolute Gasteiger partial charge is 0.481 e. The van der Waals surface area contributed by atoms with Gasteiger partial charge in [-0.05, 0) is 49.9 Å². The lowest BCUT2D eigenvalue weighted by atomic mass is 9.93. The molecule has 202 valence electrons. The number of rotatable bonds is 7. The molecule has 1 aliphatic rings. The fraction of sp³-hybridized carbons (Fsp3) is 0.200. The van der Waals surface area contributed by atoms with E-state index >= 15 is 0 Å². The van der Waals surface area contributed by atoms with Gasteiger partial charge in [0.25, 0.3) is 0 Å². The minimum atomic E-state index is -0.777. The first kappa shape index (κ1) is 26.0. The number of ether oxygens (including phenoxy) is 1. The Bertz CT molecular complexity index is 1760. The van der Waals surface area contributed by atoms with E-state index in [4.69, 9.17) is 20.9 Å². The molecular weight excluding hydrogens is 550 g/mol. The number of nitrogens with one attached hydrogen (secondary N) is 1. The van der Waals surface area contributed by atoms with Crippen LogP contribution in [0.15, 0.2) is 70.7 Å². The van der Waals surface area contributed by atoms with Gasteiger partial charge < -0.3 is 14.4 Å². The first-order valence-corrected chi connectivity index (χ1v) is 13.9. The molecule has 1 saturated carbocycles. The molecule has 0 spiro atoms. The summed E-state index contributed by atoms with van der Waals surface area (Å²) in [6.45, 7) is 3.49. The molecule has 1 unspecified atom stereocenters. The molecule has 6 rings (SSSR count). The van der Waals surface area contributed by atoms with E-state index in [2.05, 4.69) is 15.5 Å². The van der Waals surface area contributed by atoms with Crippen molar-refractivity contribution in [3.63, 3.8) is 0 Å². The summed E-state index contributed by atoms with van der Waals surface area (Å²) >= 11 is 7.71. The number of carbonyl (C=O) groups excluding carboxylic acids is 1. The lowest BCUT2D eigenvalue weighted by Crippen LogP contribution is -2.19. The van der Waals surface area contributed by atoms with Gasteiger partial charge in [0.15, 0.2) is 5.76 Å². The molecule has 2 aromatic heterocycles. The highest BCUT2D eigenvalue weighted by Gasteiger charge is 2.51. The number of halogens is 1. The Morgan fingerprint density at radius 3 is 2.52 bits per heavy atom. The first-order valence-electron chi connectivity index (χ1n) is 12.7. The van der Waals surface area contributed by atoms with Crippen LogP contribution in [0.2, 0.25) is 5.02 Å². The van der Waals surface area contributed by atoms with Crippen molar-refractivity contribution in [1.82, 2.24) is 10.1 Å². The van der Waals surface area contributed by atoms with E-state index in [9.17, 15) is 14.7 Å². The van der Waals surface area contributed by atoms with Gasteiger partial charge in [0.05, 0.1) is 21.1 Å². The Kier molecular flexibility index (Phi) is 6.56. The van der Waals surface area contributed by atoms with Crippen LogP contribution in [0.3, 0.4) is 0 Å². The average molecular weight is 574 g/mol. The number of hydrogen-bond donors (Lipinski definition) is 2. The molecule has 40 heavy (non-hydrogen) atoms. The van der Waals surface area contributed by atoms with E-state index < -0.39 is 23.6 Å². The number of amides is 1. The predicted octanol–water partition coefficient (Wildman–Crippen LogP) is 8.01. The van der Waals surface area contributed by atoms with Gasteiger partial charge in [0.1, 0.15) is 17.5 Å². The first-order chi connectivity index (χ1) is 19.3. The van der Waals surface area contributed by atoms with Gasteiger partial charge in [0.2, 0.25) is 0 Å². The highest BCUT2D eigenvalue weighted by Crippen LogP contribution is 2.49. The second-order valence-corrected chi connectivity index (χ2v) is 11.1. The van der Waals surface area contributed by atoms with Crippen LogP contribution in [0.4, 0.5) is 10.5 Å². The zero-order valence-corrected chi connectivity index (χ0v) is 23.2. The Labute approximate surface area is 238 Å². The van der Waals surface area contributed by atoms with Gasteiger partial charge in [-0.3, -0.25) is 10.1 Å². The maximum Gasteiger partial charge on any atom is 0.412 e. The third kappa shape index (κ3) is 4.51. The van der Waals surface area contributed by atoms with E-state index in [0.717, 1.165) is 32.5 Å². The predicted molar refractivity (Wildman–Crippen MR) is 154 cm³/mol. The van der Waals surface area contributed by atoms with Crippen LogP contribution in [-0.4, -0.2) is 27.3 Å². The number of thiazole rings is 1. The highest BCUT2D eigenvalue weighted by molar-refractivity contribution is 7.17. The van der Waals surface area contributed by atoms with E-state index in [1.165, 1.54) is 11.3 Å². The van der Waals surface area contributed by atoms with Gasteiger partial charge >= 0.3 is 12.1 Å². The number of hydrogen-bond acceptors (Lipinski definition) is 7. The third-order valence-electron chi connectivity index (χ3n) is 7.35. The molecule has 3 aromatic carbocycles. The van der Waals surface area contributed by atoms with Crippen molar-refractivity contribution in [2.24, 2.45) is 0 Å². The van der Waals surface area contributed by atoms with Gasteiger partial charge in [-0.15, -0.1) is 11.3 Å². The Hall–Kier alpha value is -4.21. The second kappa shape index (κ2) is 10.1. The Balaban J connectivity index is 1.28. The maximum atomic E-state index is 12.8. The van der Waals surface area contributed by atoms with Crippen LogP contribution >= 0.6 is 22.9 Å². The number of fused-ring (bicyclic) bond motifs is 1. The summed E-state index contributed by atoms with van der Waals surface area (Å²) in [5.74, 6) is -0.381. The lowest BCUT2D eigenvalue weighted by Gasteiger charge is -2.15. The lowest BCUT2D eigenvalue weighted by molar-refractivity contribution is -0.140. The molecule has 1 atom stereocenters. The number of benzene rings is 3. The van der Waals surface area contributed by atoms with Crippen LogP contribution in [0.25, 0.3) is 32.7 Å². The van der Waals surface area contributed by atoms with Crippen molar-refractivity contribution in [3.8, 4) is 22.5 Å². The van der Waals surface area contributed by atoms with Gasteiger partial charge in [-0.1, -0.05) is 65.3 Å². The quantitative estimate of drug-likeness (QED) is 0.203. The van der Waals surface area contributed by atoms with Crippen molar-refractivity contribution in [2.45, 2.75) is 38.2 Å². The number of aliphatic carboxylic acids is 1. The van der Waals surface area contributed by atoms with Gasteiger partial charge in [0, 0.05) is 21.7 Å². The number of carbonyl (C=O) groups is 2. The molecule has 0 saturated heterocycles. The highest BCUT2D eigenvalue weighted by atomic mass is 35.5. The SMILES string of the molecule is Cc1noc(-c2ccc(-c3ccc(C4(C(=O)O)CC4)cc3)c3ncsc23)c1NC(=O)OC(C)c1ccccc1Cl. The average Bonchev–Trinajstić information content (AvgIpc) is 3.49. The van der Waals surface area contributed by atoms with Crippen molar-refractivity contribution in [2.75, 3.05) is 5.32 Å². The molecule has 1 fully saturated rings. The van der Waals surface area contributed by atoms with Crippen LogP contribution < -0.4 is 5.32 Å². The Morgan fingerprint density at radius 2 is 1.82 bits per heavy atom. The third-order valence-corrected chi connectivity index (χ3v) is 8.56. The number of anilines is 1. The van der Waals surface area contributed by atoms with Crippen molar-refractivity contribution in [1.29, 1.82) is 0 Å². The van der Waals surface area contributed by atoms with Crippen LogP contribution in [-0.2, 0) is 14.9 Å². The van der Waals surface area contributed by atoms with E-state index in [0.29, 0.717) is 40.6 Å². The summed E-state index contributed by atoms with van der Waals surface area (Å²) < 4.78 is 12.1. The molecule has 0 radical (unpaired) electrons. The number of carboxylic acids is 1. The molecule has 8 nitrogen and oxygen atoms in total. The van der Waals surface area contributed by atoms with E-state index in [1.807, 2.05) is 54.6 Å². The zero-order valence-electron chi connectivity index (χ0n) is 21.6.